The summed E-state index contributed by atoms with van der Waals surface area (Å²) >= 11 is 0. The third kappa shape index (κ3) is 3.16. The van der Waals surface area contributed by atoms with E-state index >= 15 is 0 Å². The van der Waals surface area contributed by atoms with Crippen LogP contribution in [0.15, 0.2) is 12.1 Å². The van der Waals surface area contributed by atoms with Gasteiger partial charge in [0.25, 0.3) is 0 Å². The molecule has 0 atom stereocenters. The maximum atomic E-state index is 9.89. The molecule has 0 radical (unpaired) electrons. The largest absolute Gasteiger partial charge is 0.504 e. The van der Waals surface area contributed by atoms with Crippen molar-refractivity contribution in [3.8, 4) is 11.5 Å². The molecule has 2 heteroatoms. The standard InChI is InChI=1S/C14H22O2/c1-9(2)7-11-5-6-13(15)14(16)12(11)8-10(3)4/h5-6,9-10,15-16H,7-8H2,1-4H3. The summed E-state index contributed by atoms with van der Waals surface area (Å²) in [4.78, 5) is 0. The van der Waals surface area contributed by atoms with Crippen molar-refractivity contribution < 1.29 is 10.2 Å². The highest BCUT2D eigenvalue weighted by atomic mass is 16.3. The lowest BCUT2D eigenvalue weighted by molar-refractivity contribution is 0.395. The van der Waals surface area contributed by atoms with E-state index in [9.17, 15) is 10.2 Å². The zero-order valence-electron chi connectivity index (χ0n) is 10.6. The molecule has 0 saturated heterocycles. The Bertz CT molecular complexity index is 354. The number of aromatic hydroxyl groups is 2. The Hall–Kier alpha value is -1.18. The van der Waals surface area contributed by atoms with Crippen molar-refractivity contribution in [3.05, 3.63) is 23.3 Å². The summed E-state index contributed by atoms with van der Waals surface area (Å²) in [6, 6.07) is 3.50. The van der Waals surface area contributed by atoms with Crippen molar-refractivity contribution in [2.45, 2.75) is 40.5 Å². The molecule has 0 fully saturated rings. The number of benzene rings is 1. The predicted octanol–water partition coefficient (Wildman–Crippen LogP) is 3.49. The van der Waals surface area contributed by atoms with Gasteiger partial charge in [0.15, 0.2) is 11.5 Å². The normalized spacial score (nSPS) is 11.4. The van der Waals surface area contributed by atoms with Crippen LogP contribution in [0.5, 0.6) is 11.5 Å². The van der Waals surface area contributed by atoms with Crippen LogP contribution < -0.4 is 0 Å². The average molecular weight is 222 g/mol. The van der Waals surface area contributed by atoms with Gasteiger partial charge in [0, 0.05) is 5.56 Å². The van der Waals surface area contributed by atoms with Crippen molar-refractivity contribution in [2.75, 3.05) is 0 Å². The van der Waals surface area contributed by atoms with Crippen LogP contribution in [0, 0.1) is 11.8 Å². The lowest BCUT2D eigenvalue weighted by Gasteiger charge is -2.15. The molecule has 2 nitrogen and oxygen atoms in total. The van der Waals surface area contributed by atoms with E-state index < -0.39 is 0 Å². The van der Waals surface area contributed by atoms with Gasteiger partial charge in [-0.25, -0.2) is 0 Å². The van der Waals surface area contributed by atoms with Crippen molar-refractivity contribution >= 4 is 0 Å². The Morgan fingerprint density at radius 2 is 1.50 bits per heavy atom. The Kier molecular flexibility index (Phi) is 4.22. The van der Waals surface area contributed by atoms with E-state index in [4.69, 9.17) is 0 Å². The maximum Gasteiger partial charge on any atom is 0.160 e. The van der Waals surface area contributed by atoms with Crippen LogP contribution >= 0.6 is 0 Å². The summed E-state index contributed by atoms with van der Waals surface area (Å²) in [6.07, 6.45) is 1.75. The molecule has 0 bridgehead atoms. The number of rotatable bonds is 4. The quantitative estimate of drug-likeness (QED) is 0.765. The van der Waals surface area contributed by atoms with Gasteiger partial charge in [0.1, 0.15) is 0 Å². The van der Waals surface area contributed by atoms with Gasteiger partial charge in [0.2, 0.25) is 0 Å². The molecule has 1 rings (SSSR count). The first-order valence-electron chi connectivity index (χ1n) is 5.94. The van der Waals surface area contributed by atoms with E-state index in [0.29, 0.717) is 11.8 Å². The smallest absolute Gasteiger partial charge is 0.160 e. The molecular formula is C14H22O2. The second-order valence-corrected chi connectivity index (χ2v) is 5.27. The molecule has 0 amide bonds. The SMILES string of the molecule is CC(C)Cc1ccc(O)c(O)c1CC(C)C. The highest BCUT2D eigenvalue weighted by Crippen LogP contribution is 2.34. The minimum atomic E-state index is -0.0110. The lowest BCUT2D eigenvalue weighted by Crippen LogP contribution is -2.03. The van der Waals surface area contributed by atoms with E-state index in [2.05, 4.69) is 27.7 Å². The Balaban J connectivity index is 3.11. The number of phenolic OH excluding ortho intramolecular Hbond substituents is 2. The number of hydrogen-bond donors (Lipinski definition) is 2. The van der Waals surface area contributed by atoms with Crippen molar-refractivity contribution in [2.24, 2.45) is 11.8 Å². The lowest BCUT2D eigenvalue weighted by atomic mass is 9.92. The van der Waals surface area contributed by atoms with Crippen LogP contribution in [-0.4, -0.2) is 10.2 Å². The van der Waals surface area contributed by atoms with Gasteiger partial charge in [-0.2, -0.15) is 0 Å². The molecule has 0 unspecified atom stereocenters. The van der Waals surface area contributed by atoms with Gasteiger partial charge in [0.05, 0.1) is 0 Å². The molecule has 2 N–H and O–H groups in total. The molecule has 0 aliphatic rings. The molecular weight excluding hydrogens is 200 g/mol. The minimum Gasteiger partial charge on any atom is -0.504 e. The fraction of sp³-hybridized carbons (Fsp3) is 0.571. The minimum absolute atomic E-state index is 0.0110. The molecule has 0 aromatic heterocycles. The topological polar surface area (TPSA) is 40.5 Å². The van der Waals surface area contributed by atoms with Crippen molar-refractivity contribution in [1.29, 1.82) is 0 Å². The van der Waals surface area contributed by atoms with Crippen LogP contribution in [0.3, 0.4) is 0 Å². The zero-order chi connectivity index (χ0) is 12.3. The Morgan fingerprint density at radius 1 is 0.938 bits per heavy atom. The van der Waals surface area contributed by atoms with Crippen molar-refractivity contribution in [1.82, 2.24) is 0 Å². The van der Waals surface area contributed by atoms with Crippen molar-refractivity contribution in [3.63, 3.8) is 0 Å². The van der Waals surface area contributed by atoms with E-state index in [1.165, 1.54) is 0 Å². The maximum absolute atomic E-state index is 9.89. The molecule has 1 aromatic carbocycles. The summed E-state index contributed by atoms with van der Waals surface area (Å²) in [6.45, 7) is 8.54. The molecule has 0 saturated carbocycles. The van der Waals surface area contributed by atoms with Gasteiger partial charge in [-0.15, -0.1) is 0 Å². The van der Waals surface area contributed by atoms with Crippen LogP contribution in [0.1, 0.15) is 38.8 Å². The van der Waals surface area contributed by atoms with Gasteiger partial charge in [-0.1, -0.05) is 33.8 Å². The molecule has 0 aliphatic carbocycles. The van der Waals surface area contributed by atoms with E-state index in [1.54, 1.807) is 6.07 Å². The number of hydrogen-bond acceptors (Lipinski definition) is 2. The molecule has 0 spiro atoms. The number of phenols is 2. The molecule has 90 valence electrons. The first kappa shape index (κ1) is 12.9. The van der Waals surface area contributed by atoms with Gasteiger partial charge in [-0.05, 0) is 36.3 Å². The van der Waals surface area contributed by atoms with Gasteiger partial charge < -0.3 is 10.2 Å². The first-order chi connectivity index (χ1) is 7.41. The Morgan fingerprint density at radius 3 is 2.00 bits per heavy atom. The monoisotopic (exact) mass is 222 g/mol. The van der Waals surface area contributed by atoms with Crippen LogP contribution in [0.2, 0.25) is 0 Å². The van der Waals surface area contributed by atoms with Gasteiger partial charge in [-0.3, -0.25) is 0 Å². The molecule has 0 heterocycles. The Labute approximate surface area is 97.9 Å². The summed E-state index contributed by atoms with van der Waals surface area (Å²) < 4.78 is 0. The van der Waals surface area contributed by atoms with Gasteiger partial charge >= 0.3 is 0 Å². The van der Waals surface area contributed by atoms with E-state index in [0.717, 1.165) is 24.0 Å². The van der Waals surface area contributed by atoms with E-state index in [-0.39, 0.29) is 11.5 Å². The third-order valence-electron chi connectivity index (χ3n) is 2.60. The fourth-order valence-corrected chi connectivity index (χ4v) is 1.93. The summed E-state index contributed by atoms with van der Waals surface area (Å²) in [5, 5.41) is 19.4. The second-order valence-electron chi connectivity index (χ2n) is 5.27. The van der Waals surface area contributed by atoms with E-state index in [1.807, 2.05) is 6.07 Å². The zero-order valence-corrected chi connectivity index (χ0v) is 10.6. The summed E-state index contributed by atoms with van der Waals surface area (Å²) in [5.41, 5.74) is 2.06. The fourth-order valence-electron chi connectivity index (χ4n) is 1.93. The summed E-state index contributed by atoms with van der Waals surface area (Å²) in [7, 11) is 0. The third-order valence-corrected chi connectivity index (χ3v) is 2.60. The van der Waals surface area contributed by atoms with Crippen LogP contribution in [-0.2, 0) is 12.8 Å². The highest BCUT2D eigenvalue weighted by molar-refractivity contribution is 5.49. The molecule has 16 heavy (non-hydrogen) atoms. The first-order valence-corrected chi connectivity index (χ1v) is 5.94. The van der Waals surface area contributed by atoms with Crippen LogP contribution in [0.4, 0.5) is 0 Å². The average Bonchev–Trinajstić information content (AvgIpc) is 2.16. The predicted molar refractivity (Wildman–Crippen MR) is 66.9 cm³/mol. The van der Waals surface area contributed by atoms with Crippen LogP contribution in [0.25, 0.3) is 0 Å². The summed E-state index contributed by atoms with van der Waals surface area (Å²) in [5.74, 6) is 1.07. The highest BCUT2D eigenvalue weighted by Gasteiger charge is 2.14. The molecule has 1 aromatic rings. The second kappa shape index (κ2) is 5.24. The molecule has 0 aliphatic heterocycles.